The van der Waals surface area contributed by atoms with Crippen LogP contribution in [0.2, 0.25) is 0 Å². The van der Waals surface area contributed by atoms with Crippen LogP contribution in [0.25, 0.3) is 0 Å². The fraction of sp³-hybridized carbons (Fsp3) is 0.154. The van der Waals surface area contributed by atoms with Gasteiger partial charge in [-0.3, -0.25) is 14.4 Å². The number of carbonyl (C=O) groups is 3. The largest absolute Gasteiger partial charge is 0.366 e. The minimum atomic E-state index is -0.719. The van der Waals surface area contributed by atoms with E-state index < -0.39 is 17.7 Å². The number of nitrogens with two attached hydrogens (primary N) is 2. The summed E-state index contributed by atoms with van der Waals surface area (Å²) in [5, 5.41) is 9.86. The van der Waals surface area contributed by atoms with Crippen molar-refractivity contribution in [3.63, 3.8) is 0 Å². The van der Waals surface area contributed by atoms with E-state index in [4.69, 9.17) is 11.5 Å². The second-order valence-corrected chi connectivity index (χ2v) is 4.50. The number of benzene rings is 1. The maximum atomic E-state index is 12.0. The van der Waals surface area contributed by atoms with Gasteiger partial charge in [0.05, 0.1) is 16.9 Å². The van der Waals surface area contributed by atoms with Gasteiger partial charge in [0, 0.05) is 0 Å². The summed E-state index contributed by atoms with van der Waals surface area (Å²) in [7, 11) is 0. The number of amides is 3. The highest BCUT2D eigenvalue weighted by atomic mass is 16.2. The molecule has 0 saturated carbocycles. The first kappa shape index (κ1) is 15.2. The van der Waals surface area contributed by atoms with Crippen molar-refractivity contribution < 1.29 is 14.4 Å². The average Bonchev–Trinajstić information content (AvgIpc) is 2.80. The maximum Gasteiger partial charge on any atom is 0.271 e. The minimum Gasteiger partial charge on any atom is -0.366 e. The van der Waals surface area contributed by atoms with Gasteiger partial charge in [-0.2, -0.15) is 0 Å². The Bertz CT molecular complexity index is 752. The van der Waals surface area contributed by atoms with E-state index >= 15 is 0 Å². The summed E-state index contributed by atoms with van der Waals surface area (Å²) >= 11 is 0. The van der Waals surface area contributed by atoms with Crippen molar-refractivity contribution in [2.24, 2.45) is 11.5 Å². The highest BCUT2D eigenvalue weighted by Crippen LogP contribution is 2.14. The lowest BCUT2D eigenvalue weighted by atomic mass is 10.1. The number of carbonyl (C=O) groups excluding carboxylic acids is 3. The van der Waals surface area contributed by atoms with E-state index in [1.54, 1.807) is 25.1 Å². The molecule has 2 aromatic rings. The molecule has 2 rings (SSSR count). The zero-order valence-corrected chi connectivity index (χ0v) is 11.7. The molecule has 0 aliphatic heterocycles. The van der Waals surface area contributed by atoms with Crippen molar-refractivity contribution in [2.45, 2.75) is 13.5 Å². The molecule has 1 aromatic heterocycles. The Morgan fingerprint density at radius 1 is 1.18 bits per heavy atom. The summed E-state index contributed by atoms with van der Waals surface area (Å²) in [5.41, 5.74) is 11.2. The summed E-state index contributed by atoms with van der Waals surface area (Å²) in [4.78, 5) is 34.4. The van der Waals surface area contributed by atoms with Gasteiger partial charge in [-0.25, -0.2) is 4.68 Å². The van der Waals surface area contributed by atoms with Crippen LogP contribution in [0.4, 0.5) is 5.69 Å². The molecule has 0 saturated heterocycles. The highest BCUT2D eigenvalue weighted by molar-refractivity contribution is 6.03. The van der Waals surface area contributed by atoms with E-state index in [1.165, 1.54) is 10.7 Å². The number of nitrogens with zero attached hydrogens (tertiary/aromatic N) is 3. The SMILES string of the molecule is Cc1c(C(N)=O)nnn1CC(=O)Nc1ccccc1C(N)=O. The van der Waals surface area contributed by atoms with E-state index in [9.17, 15) is 14.4 Å². The molecule has 0 atom stereocenters. The fourth-order valence-corrected chi connectivity index (χ4v) is 1.87. The predicted molar refractivity (Wildman–Crippen MR) is 76.9 cm³/mol. The molecule has 0 aliphatic rings. The van der Waals surface area contributed by atoms with E-state index in [2.05, 4.69) is 15.6 Å². The lowest BCUT2D eigenvalue weighted by Crippen LogP contribution is -2.23. The first-order valence-electron chi connectivity index (χ1n) is 6.28. The molecule has 0 aliphatic carbocycles. The van der Waals surface area contributed by atoms with Gasteiger partial charge in [0.2, 0.25) is 5.91 Å². The van der Waals surface area contributed by atoms with Crippen molar-refractivity contribution in [1.29, 1.82) is 0 Å². The van der Waals surface area contributed by atoms with Crippen LogP contribution in [0.15, 0.2) is 24.3 Å². The number of anilines is 1. The van der Waals surface area contributed by atoms with Gasteiger partial charge >= 0.3 is 0 Å². The smallest absolute Gasteiger partial charge is 0.271 e. The standard InChI is InChI=1S/C13H14N6O3/c1-7-11(13(15)22)17-18-19(7)6-10(20)16-9-5-3-2-4-8(9)12(14)21/h2-5H,6H2,1H3,(H2,14,21)(H2,15,22)(H,16,20). The Labute approximate surface area is 125 Å². The highest BCUT2D eigenvalue weighted by Gasteiger charge is 2.16. The third kappa shape index (κ3) is 3.08. The molecule has 0 fully saturated rings. The van der Waals surface area contributed by atoms with Crippen LogP contribution >= 0.6 is 0 Å². The van der Waals surface area contributed by atoms with Gasteiger partial charge in [-0.15, -0.1) is 5.10 Å². The third-order valence-electron chi connectivity index (χ3n) is 2.98. The van der Waals surface area contributed by atoms with Gasteiger partial charge in [0.1, 0.15) is 6.54 Å². The van der Waals surface area contributed by atoms with Gasteiger partial charge < -0.3 is 16.8 Å². The van der Waals surface area contributed by atoms with Crippen molar-refractivity contribution in [3.05, 3.63) is 41.2 Å². The molecular weight excluding hydrogens is 288 g/mol. The minimum absolute atomic E-state index is 0.00494. The number of para-hydroxylation sites is 1. The van der Waals surface area contributed by atoms with Gasteiger partial charge in [-0.1, -0.05) is 17.3 Å². The Balaban J connectivity index is 2.15. The van der Waals surface area contributed by atoms with Crippen LogP contribution in [0.1, 0.15) is 26.5 Å². The van der Waals surface area contributed by atoms with Crippen LogP contribution in [0.3, 0.4) is 0 Å². The van der Waals surface area contributed by atoms with Gasteiger partial charge in [-0.05, 0) is 19.1 Å². The summed E-state index contributed by atoms with van der Waals surface area (Å²) in [6, 6.07) is 6.36. The fourth-order valence-electron chi connectivity index (χ4n) is 1.87. The monoisotopic (exact) mass is 302 g/mol. The van der Waals surface area contributed by atoms with E-state index in [0.717, 1.165) is 0 Å². The molecule has 9 heteroatoms. The molecule has 1 heterocycles. The zero-order chi connectivity index (χ0) is 16.3. The summed E-state index contributed by atoms with van der Waals surface area (Å²) in [6.07, 6.45) is 0. The van der Waals surface area contributed by atoms with Gasteiger partial charge in [0.25, 0.3) is 11.8 Å². The number of hydrogen-bond acceptors (Lipinski definition) is 5. The van der Waals surface area contributed by atoms with Crippen LogP contribution in [0, 0.1) is 6.92 Å². The number of nitrogens with one attached hydrogen (secondary N) is 1. The number of hydrogen-bond donors (Lipinski definition) is 3. The molecule has 0 unspecified atom stereocenters. The Morgan fingerprint density at radius 3 is 2.45 bits per heavy atom. The van der Waals surface area contributed by atoms with E-state index in [-0.39, 0.29) is 17.8 Å². The normalized spacial score (nSPS) is 10.2. The Hall–Kier alpha value is -3.23. The van der Waals surface area contributed by atoms with Crippen LogP contribution in [0.5, 0.6) is 0 Å². The quantitative estimate of drug-likeness (QED) is 0.676. The van der Waals surface area contributed by atoms with Crippen molar-refractivity contribution >= 4 is 23.4 Å². The molecule has 0 spiro atoms. The van der Waals surface area contributed by atoms with Crippen LogP contribution < -0.4 is 16.8 Å². The van der Waals surface area contributed by atoms with Crippen molar-refractivity contribution in [1.82, 2.24) is 15.0 Å². The maximum absolute atomic E-state index is 12.0. The molecule has 22 heavy (non-hydrogen) atoms. The lowest BCUT2D eigenvalue weighted by molar-refractivity contribution is -0.117. The van der Waals surface area contributed by atoms with Gasteiger partial charge in [0.15, 0.2) is 5.69 Å². The lowest BCUT2D eigenvalue weighted by Gasteiger charge is -2.09. The summed E-state index contributed by atoms with van der Waals surface area (Å²) in [5.74, 6) is -1.81. The Morgan fingerprint density at radius 2 is 1.86 bits per heavy atom. The number of primary amides is 2. The molecule has 0 radical (unpaired) electrons. The summed E-state index contributed by atoms with van der Waals surface area (Å²) < 4.78 is 1.24. The average molecular weight is 302 g/mol. The molecule has 0 bridgehead atoms. The first-order chi connectivity index (χ1) is 10.4. The van der Waals surface area contributed by atoms with Crippen LogP contribution in [-0.2, 0) is 11.3 Å². The molecule has 5 N–H and O–H groups in total. The van der Waals surface area contributed by atoms with E-state index in [0.29, 0.717) is 11.4 Å². The third-order valence-corrected chi connectivity index (χ3v) is 2.98. The van der Waals surface area contributed by atoms with Crippen LogP contribution in [-0.4, -0.2) is 32.7 Å². The molecule has 9 nitrogen and oxygen atoms in total. The predicted octanol–water partition coefficient (Wildman–Crippen LogP) is -0.577. The molecule has 3 amide bonds. The topological polar surface area (TPSA) is 146 Å². The first-order valence-corrected chi connectivity index (χ1v) is 6.28. The second kappa shape index (κ2) is 6.04. The van der Waals surface area contributed by atoms with E-state index in [1.807, 2.05) is 0 Å². The van der Waals surface area contributed by atoms with Crippen molar-refractivity contribution in [2.75, 3.05) is 5.32 Å². The molecular formula is C13H14N6O3. The Kier molecular flexibility index (Phi) is 4.16. The summed E-state index contributed by atoms with van der Waals surface area (Å²) in [6.45, 7) is 1.39. The molecule has 114 valence electrons. The number of rotatable bonds is 5. The zero-order valence-electron chi connectivity index (χ0n) is 11.7. The number of aromatic nitrogens is 3. The van der Waals surface area contributed by atoms with Crippen molar-refractivity contribution in [3.8, 4) is 0 Å². The second-order valence-electron chi connectivity index (χ2n) is 4.50. The molecule has 1 aromatic carbocycles.